The van der Waals surface area contributed by atoms with Crippen LogP contribution in [0.4, 0.5) is 19.0 Å². The van der Waals surface area contributed by atoms with Gasteiger partial charge >= 0.3 is 6.18 Å². The Labute approximate surface area is 101 Å². The van der Waals surface area contributed by atoms with Crippen LogP contribution < -0.4 is 11.1 Å². The predicted molar refractivity (Wildman–Crippen MR) is 58.1 cm³/mol. The molecule has 5 nitrogen and oxygen atoms in total. The molecule has 1 aromatic rings. The zero-order valence-corrected chi connectivity index (χ0v) is 9.54. The van der Waals surface area contributed by atoms with Crippen LogP contribution in [0.2, 0.25) is 0 Å². The first-order valence-electron chi connectivity index (χ1n) is 4.97. The molecular formula is C10H12F3N3O2. The third-order valence-corrected chi connectivity index (χ3v) is 2.05. The minimum Gasteiger partial charge on any atom is -0.383 e. The molecular weight excluding hydrogens is 251 g/mol. The summed E-state index contributed by atoms with van der Waals surface area (Å²) in [6, 6.07) is 1.70. The van der Waals surface area contributed by atoms with Crippen LogP contribution in [0.1, 0.15) is 16.1 Å². The Bertz CT molecular complexity index is 435. The molecule has 0 unspecified atom stereocenters. The van der Waals surface area contributed by atoms with Gasteiger partial charge in [0.1, 0.15) is 11.5 Å². The fourth-order valence-corrected chi connectivity index (χ4v) is 1.22. The fraction of sp³-hybridized carbons (Fsp3) is 0.400. The van der Waals surface area contributed by atoms with Crippen LogP contribution in [-0.2, 0) is 10.9 Å². The van der Waals surface area contributed by atoms with Crippen molar-refractivity contribution in [2.75, 3.05) is 25.6 Å². The number of nitrogens with one attached hydrogen (secondary N) is 1. The number of amides is 1. The summed E-state index contributed by atoms with van der Waals surface area (Å²) in [7, 11) is 1.44. The maximum atomic E-state index is 12.5. The van der Waals surface area contributed by atoms with Gasteiger partial charge in [0, 0.05) is 13.7 Å². The van der Waals surface area contributed by atoms with E-state index in [1.165, 1.54) is 7.11 Å². The van der Waals surface area contributed by atoms with Crippen LogP contribution in [0.3, 0.4) is 0 Å². The highest BCUT2D eigenvalue weighted by Gasteiger charge is 2.33. The van der Waals surface area contributed by atoms with Crippen molar-refractivity contribution in [3.63, 3.8) is 0 Å². The molecule has 1 amide bonds. The summed E-state index contributed by atoms with van der Waals surface area (Å²) >= 11 is 0. The van der Waals surface area contributed by atoms with Gasteiger partial charge in [0.25, 0.3) is 5.91 Å². The van der Waals surface area contributed by atoms with Crippen molar-refractivity contribution >= 4 is 11.7 Å². The summed E-state index contributed by atoms with van der Waals surface area (Å²) in [6.45, 7) is 0.473. The third kappa shape index (κ3) is 3.59. The second-order valence-electron chi connectivity index (χ2n) is 3.37. The van der Waals surface area contributed by atoms with Crippen LogP contribution in [0.5, 0.6) is 0 Å². The Morgan fingerprint density at radius 3 is 2.67 bits per heavy atom. The molecule has 0 saturated carbocycles. The Kier molecular flexibility index (Phi) is 4.49. The molecule has 0 fully saturated rings. The van der Waals surface area contributed by atoms with Gasteiger partial charge in [0.05, 0.1) is 12.2 Å². The van der Waals surface area contributed by atoms with E-state index in [1.54, 1.807) is 0 Å². The van der Waals surface area contributed by atoms with E-state index in [0.29, 0.717) is 6.07 Å². The Morgan fingerprint density at radius 2 is 2.17 bits per heavy atom. The van der Waals surface area contributed by atoms with E-state index < -0.39 is 17.8 Å². The molecule has 0 spiro atoms. The summed E-state index contributed by atoms with van der Waals surface area (Å²) in [5, 5.41) is 2.57. The van der Waals surface area contributed by atoms with Crippen molar-refractivity contribution in [2.45, 2.75) is 6.18 Å². The predicted octanol–water partition coefficient (Wildman–Crippen LogP) is 1.26. The van der Waals surface area contributed by atoms with E-state index in [9.17, 15) is 18.0 Å². The molecule has 0 radical (unpaired) electrons. The Balaban J connectivity index is 3.04. The van der Waals surface area contributed by atoms with Crippen LogP contribution >= 0.6 is 0 Å². The zero-order chi connectivity index (χ0) is 13.8. The molecule has 0 atom stereocenters. The number of hydrogen-bond donors (Lipinski definition) is 2. The van der Waals surface area contributed by atoms with Gasteiger partial charge in [-0.05, 0) is 12.1 Å². The highest BCUT2D eigenvalue weighted by molar-refractivity contribution is 5.97. The zero-order valence-electron chi connectivity index (χ0n) is 9.54. The Hall–Kier alpha value is -1.83. The smallest absolute Gasteiger partial charge is 0.383 e. The number of hydrogen-bond acceptors (Lipinski definition) is 4. The molecule has 1 aromatic heterocycles. The molecule has 3 N–H and O–H groups in total. The number of carbonyl (C=O) groups is 1. The number of primary amides is 1. The molecule has 0 saturated heterocycles. The van der Waals surface area contributed by atoms with Gasteiger partial charge in [-0.15, -0.1) is 0 Å². The molecule has 0 aliphatic heterocycles. The van der Waals surface area contributed by atoms with E-state index in [1.807, 2.05) is 0 Å². The summed E-state index contributed by atoms with van der Waals surface area (Å²) < 4.78 is 42.1. The van der Waals surface area contributed by atoms with Gasteiger partial charge in [-0.3, -0.25) is 4.79 Å². The molecule has 100 valence electrons. The lowest BCUT2D eigenvalue weighted by Gasteiger charge is -2.12. The van der Waals surface area contributed by atoms with Crippen LogP contribution in [-0.4, -0.2) is 31.2 Å². The lowest BCUT2D eigenvalue weighted by Crippen LogP contribution is -2.19. The number of aromatic nitrogens is 1. The Morgan fingerprint density at radius 1 is 1.50 bits per heavy atom. The summed E-state index contributed by atoms with van der Waals surface area (Å²) in [5.41, 5.74) is 3.86. The molecule has 8 heteroatoms. The van der Waals surface area contributed by atoms with E-state index >= 15 is 0 Å². The van der Waals surface area contributed by atoms with Crippen molar-refractivity contribution in [3.05, 3.63) is 23.4 Å². The minimum atomic E-state index is -4.58. The summed E-state index contributed by atoms with van der Waals surface area (Å²) in [5.74, 6) is -1.05. The van der Waals surface area contributed by atoms with Gasteiger partial charge in [0.15, 0.2) is 0 Å². The van der Waals surface area contributed by atoms with E-state index in [-0.39, 0.29) is 24.5 Å². The number of anilines is 1. The second-order valence-corrected chi connectivity index (χ2v) is 3.37. The molecule has 1 rings (SSSR count). The van der Waals surface area contributed by atoms with Crippen molar-refractivity contribution in [2.24, 2.45) is 5.73 Å². The van der Waals surface area contributed by atoms with Crippen LogP contribution in [0.25, 0.3) is 0 Å². The monoisotopic (exact) mass is 263 g/mol. The quantitative estimate of drug-likeness (QED) is 0.784. The number of pyridine rings is 1. The summed E-state index contributed by atoms with van der Waals surface area (Å²) in [6.07, 6.45) is -4.58. The normalized spacial score (nSPS) is 11.3. The topological polar surface area (TPSA) is 77.2 Å². The van der Waals surface area contributed by atoms with E-state index in [4.69, 9.17) is 10.5 Å². The number of methoxy groups -OCH3 is 1. The minimum absolute atomic E-state index is 0.0981. The maximum Gasteiger partial charge on any atom is 0.433 e. The molecule has 1 heterocycles. The SMILES string of the molecule is COCCNc1nc(C(F)(F)F)ccc1C(N)=O. The van der Waals surface area contributed by atoms with Crippen molar-refractivity contribution in [1.29, 1.82) is 0 Å². The molecule has 18 heavy (non-hydrogen) atoms. The number of nitrogens with zero attached hydrogens (tertiary/aromatic N) is 1. The molecule has 0 aliphatic rings. The van der Waals surface area contributed by atoms with Crippen LogP contribution in [0, 0.1) is 0 Å². The first kappa shape index (κ1) is 14.2. The van der Waals surface area contributed by atoms with Gasteiger partial charge in [0.2, 0.25) is 0 Å². The number of ether oxygens (including phenoxy) is 1. The lowest BCUT2D eigenvalue weighted by molar-refractivity contribution is -0.141. The van der Waals surface area contributed by atoms with Gasteiger partial charge in [-0.2, -0.15) is 13.2 Å². The fourth-order valence-electron chi connectivity index (χ4n) is 1.22. The number of rotatable bonds is 5. The first-order chi connectivity index (χ1) is 8.36. The van der Waals surface area contributed by atoms with Crippen molar-refractivity contribution in [3.8, 4) is 0 Å². The standard InChI is InChI=1S/C10H12F3N3O2/c1-18-5-4-15-9-6(8(14)17)2-3-7(16-9)10(11,12)13/h2-3H,4-5H2,1H3,(H2,14,17)(H,15,16). The summed E-state index contributed by atoms with van der Waals surface area (Å²) in [4.78, 5) is 14.4. The van der Waals surface area contributed by atoms with Crippen LogP contribution in [0.15, 0.2) is 12.1 Å². The molecule has 0 aliphatic carbocycles. The molecule has 0 bridgehead atoms. The average Bonchev–Trinajstić information content (AvgIpc) is 2.27. The van der Waals surface area contributed by atoms with Crippen molar-refractivity contribution in [1.82, 2.24) is 4.98 Å². The highest BCUT2D eigenvalue weighted by atomic mass is 19.4. The van der Waals surface area contributed by atoms with Gasteiger partial charge in [-0.25, -0.2) is 4.98 Å². The highest BCUT2D eigenvalue weighted by Crippen LogP contribution is 2.29. The third-order valence-electron chi connectivity index (χ3n) is 2.05. The van der Waals surface area contributed by atoms with E-state index in [0.717, 1.165) is 6.07 Å². The molecule has 0 aromatic carbocycles. The second kappa shape index (κ2) is 5.67. The number of halogens is 3. The number of carbonyl (C=O) groups excluding carboxylic acids is 1. The average molecular weight is 263 g/mol. The lowest BCUT2D eigenvalue weighted by atomic mass is 10.2. The largest absolute Gasteiger partial charge is 0.433 e. The number of nitrogens with two attached hydrogens (primary N) is 1. The van der Waals surface area contributed by atoms with Crippen molar-refractivity contribution < 1.29 is 22.7 Å². The maximum absolute atomic E-state index is 12.5. The van der Waals surface area contributed by atoms with Gasteiger partial charge < -0.3 is 15.8 Å². The number of alkyl halides is 3. The van der Waals surface area contributed by atoms with Gasteiger partial charge in [-0.1, -0.05) is 0 Å². The first-order valence-corrected chi connectivity index (χ1v) is 4.97. The van der Waals surface area contributed by atoms with E-state index in [2.05, 4.69) is 10.3 Å².